The molecule has 1 aromatic heterocycles. The Morgan fingerprint density at radius 2 is 1.42 bits per heavy atom. The number of rotatable bonds is 3. The van der Waals surface area contributed by atoms with E-state index in [1.165, 1.54) is 16.4 Å². The average molecular weight is 263 g/mol. The van der Waals surface area contributed by atoms with Crippen LogP contribution in [0.3, 0.4) is 0 Å². The standard InChI is InChI=1S/C17H14NP/c1-2-8-14(9-3-1)15-10-4-5-11-16(15)19-17-12-6-7-13-18-17/h1-13,19H. The molecule has 0 bridgehead atoms. The zero-order valence-electron chi connectivity index (χ0n) is 10.5. The lowest BCUT2D eigenvalue weighted by Crippen LogP contribution is -2.08. The van der Waals surface area contributed by atoms with Crippen LogP contribution >= 0.6 is 8.58 Å². The maximum atomic E-state index is 4.42. The fourth-order valence-electron chi connectivity index (χ4n) is 2.04. The Hall–Kier alpha value is -1.98. The Labute approximate surface area is 115 Å². The fourth-order valence-corrected chi connectivity index (χ4v) is 3.17. The first-order valence-corrected chi connectivity index (χ1v) is 7.26. The third-order valence-electron chi connectivity index (χ3n) is 2.94. The highest BCUT2D eigenvalue weighted by atomic mass is 31.1. The van der Waals surface area contributed by atoms with Gasteiger partial charge in [0, 0.05) is 6.20 Å². The SMILES string of the molecule is c1ccc(-c2ccccc2Pc2ccccn2)cc1. The van der Waals surface area contributed by atoms with E-state index in [1.54, 1.807) is 0 Å². The summed E-state index contributed by atoms with van der Waals surface area (Å²) in [5.74, 6) is 0. The molecule has 0 N–H and O–H groups in total. The summed E-state index contributed by atoms with van der Waals surface area (Å²) in [6.07, 6.45) is 1.85. The van der Waals surface area contributed by atoms with Gasteiger partial charge in [0.2, 0.25) is 0 Å². The Kier molecular flexibility index (Phi) is 3.67. The topological polar surface area (TPSA) is 12.9 Å². The Balaban J connectivity index is 1.99. The minimum atomic E-state index is 0.590. The van der Waals surface area contributed by atoms with Gasteiger partial charge in [0.05, 0.1) is 5.44 Å². The number of hydrogen-bond acceptors (Lipinski definition) is 1. The molecule has 0 saturated carbocycles. The summed E-state index contributed by atoms with van der Waals surface area (Å²) in [5, 5.41) is 1.34. The fraction of sp³-hybridized carbons (Fsp3) is 0. The lowest BCUT2D eigenvalue weighted by molar-refractivity contribution is 1.39. The summed E-state index contributed by atoms with van der Waals surface area (Å²) >= 11 is 0. The third kappa shape index (κ3) is 2.89. The van der Waals surface area contributed by atoms with Crippen molar-refractivity contribution in [2.24, 2.45) is 0 Å². The molecule has 1 atom stereocenters. The first-order chi connectivity index (χ1) is 9.43. The second-order valence-corrected chi connectivity index (χ2v) is 5.55. The van der Waals surface area contributed by atoms with Crippen LogP contribution in [0.25, 0.3) is 11.1 Å². The van der Waals surface area contributed by atoms with Crippen LogP contribution in [0.2, 0.25) is 0 Å². The van der Waals surface area contributed by atoms with Crippen LogP contribution in [0.15, 0.2) is 79.0 Å². The summed E-state index contributed by atoms with van der Waals surface area (Å²) in [5.41, 5.74) is 3.69. The van der Waals surface area contributed by atoms with Gasteiger partial charge in [-0.1, -0.05) is 60.7 Å². The van der Waals surface area contributed by atoms with Crippen molar-refractivity contribution in [2.45, 2.75) is 0 Å². The molecule has 3 rings (SSSR count). The normalized spacial score (nSPS) is 10.9. The Bertz CT molecular complexity index is 650. The van der Waals surface area contributed by atoms with Crippen LogP contribution in [0.1, 0.15) is 0 Å². The van der Waals surface area contributed by atoms with Crippen molar-refractivity contribution < 1.29 is 0 Å². The summed E-state index contributed by atoms with van der Waals surface area (Å²) in [7, 11) is 0.590. The van der Waals surface area contributed by atoms with Crippen molar-refractivity contribution >= 4 is 19.3 Å². The van der Waals surface area contributed by atoms with E-state index in [0.717, 1.165) is 5.44 Å². The minimum absolute atomic E-state index is 0.590. The van der Waals surface area contributed by atoms with Crippen molar-refractivity contribution in [2.75, 3.05) is 0 Å². The van der Waals surface area contributed by atoms with Gasteiger partial charge in [-0.3, -0.25) is 4.98 Å². The van der Waals surface area contributed by atoms with Crippen molar-refractivity contribution in [3.63, 3.8) is 0 Å². The average Bonchev–Trinajstić information content (AvgIpc) is 2.50. The second-order valence-electron chi connectivity index (χ2n) is 4.25. The van der Waals surface area contributed by atoms with Crippen molar-refractivity contribution in [3.8, 4) is 11.1 Å². The van der Waals surface area contributed by atoms with Gasteiger partial charge in [0.1, 0.15) is 0 Å². The highest BCUT2D eigenvalue weighted by Gasteiger charge is 2.05. The smallest absolute Gasteiger partial charge is 0.0645 e. The van der Waals surface area contributed by atoms with Crippen LogP contribution in [-0.4, -0.2) is 4.98 Å². The number of pyridine rings is 1. The molecule has 92 valence electrons. The zero-order valence-corrected chi connectivity index (χ0v) is 11.5. The van der Waals surface area contributed by atoms with Crippen molar-refractivity contribution in [1.82, 2.24) is 4.98 Å². The summed E-state index contributed by atoms with van der Waals surface area (Å²) in [4.78, 5) is 4.42. The highest BCUT2D eigenvalue weighted by molar-refractivity contribution is 7.55. The maximum absolute atomic E-state index is 4.42. The zero-order chi connectivity index (χ0) is 12.9. The molecule has 0 spiro atoms. The lowest BCUT2D eigenvalue weighted by Gasteiger charge is -2.09. The summed E-state index contributed by atoms with van der Waals surface area (Å²) < 4.78 is 0. The quantitative estimate of drug-likeness (QED) is 0.660. The van der Waals surface area contributed by atoms with E-state index in [1.807, 2.05) is 24.4 Å². The van der Waals surface area contributed by atoms with E-state index < -0.39 is 0 Å². The molecule has 3 aromatic rings. The van der Waals surface area contributed by atoms with Crippen LogP contribution in [0, 0.1) is 0 Å². The van der Waals surface area contributed by atoms with Gasteiger partial charge in [-0.05, 0) is 37.1 Å². The van der Waals surface area contributed by atoms with E-state index in [-0.39, 0.29) is 0 Å². The molecule has 0 aliphatic heterocycles. The van der Waals surface area contributed by atoms with Crippen LogP contribution < -0.4 is 10.7 Å². The lowest BCUT2D eigenvalue weighted by atomic mass is 10.1. The maximum Gasteiger partial charge on any atom is 0.0645 e. The van der Waals surface area contributed by atoms with E-state index >= 15 is 0 Å². The molecular formula is C17H14NP. The predicted molar refractivity (Wildman–Crippen MR) is 83.7 cm³/mol. The van der Waals surface area contributed by atoms with Crippen LogP contribution in [0.4, 0.5) is 0 Å². The molecule has 2 aromatic carbocycles. The van der Waals surface area contributed by atoms with Gasteiger partial charge in [-0.15, -0.1) is 0 Å². The largest absolute Gasteiger partial charge is 0.256 e. The molecule has 2 heteroatoms. The molecule has 1 nitrogen and oxygen atoms in total. The third-order valence-corrected chi connectivity index (χ3v) is 4.20. The molecule has 1 heterocycles. The van der Waals surface area contributed by atoms with Gasteiger partial charge in [-0.25, -0.2) is 0 Å². The molecule has 0 amide bonds. The first kappa shape index (κ1) is 12.1. The number of hydrogen-bond donors (Lipinski definition) is 0. The molecule has 19 heavy (non-hydrogen) atoms. The van der Waals surface area contributed by atoms with Gasteiger partial charge in [0.25, 0.3) is 0 Å². The predicted octanol–water partition coefficient (Wildman–Crippen LogP) is 3.38. The molecule has 1 unspecified atom stereocenters. The van der Waals surface area contributed by atoms with Gasteiger partial charge in [-0.2, -0.15) is 0 Å². The molecule has 0 radical (unpaired) electrons. The Morgan fingerprint density at radius 3 is 2.21 bits per heavy atom. The molecule has 0 fully saturated rings. The Morgan fingerprint density at radius 1 is 0.684 bits per heavy atom. The summed E-state index contributed by atoms with van der Waals surface area (Å²) in [6.45, 7) is 0. The first-order valence-electron chi connectivity index (χ1n) is 6.26. The number of benzene rings is 2. The van der Waals surface area contributed by atoms with Crippen LogP contribution in [-0.2, 0) is 0 Å². The number of nitrogens with zero attached hydrogens (tertiary/aromatic N) is 1. The molecule has 0 saturated heterocycles. The van der Waals surface area contributed by atoms with E-state index in [9.17, 15) is 0 Å². The highest BCUT2D eigenvalue weighted by Crippen LogP contribution is 2.22. The van der Waals surface area contributed by atoms with Gasteiger partial charge in [0.15, 0.2) is 0 Å². The molecule has 0 aliphatic carbocycles. The molecular weight excluding hydrogens is 249 g/mol. The van der Waals surface area contributed by atoms with Crippen LogP contribution in [0.5, 0.6) is 0 Å². The number of aromatic nitrogens is 1. The summed E-state index contributed by atoms with van der Waals surface area (Å²) in [6, 6.07) is 25.2. The van der Waals surface area contributed by atoms with E-state index in [0.29, 0.717) is 8.58 Å². The van der Waals surface area contributed by atoms with Gasteiger partial charge < -0.3 is 0 Å². The minimum Gasteiger partial charge on any atom is -0.256 e. The van der Waals surface area contributed by atoms with Crippen molar-refractivity contribution in [3.05, 3.63) is 79.0 Å². The monoisotopic (exact) mass is 263 g/mol. The van der Waals surface area contributed by atoms with E-state index in [2.05, 4.69) is 59.6 Å². The van der Waals surface area contributed by atoms with E-state index in [4.69, 9.17) is 0 Å². The van der Waals surface area contributed by atoms with Gasteiger partial charge >= 0.3 is 0 Å². The second kappa shape index (κ2) is 5.77. The molecule has 0 aliphatic rings. The van der Waals surface area contributed by atoms with Crippen molar-refractivity contribution in [1.29, 1.82) is 0 Å².